The van der Waals surface area contributed by atoms with Gasteiger partial charge in [0.05, 0.1) is 7.11 Å². The zero-order chi connectivity index (χ0) is 13.8. The number of ether oxygens (including phenoxy) is 1. The van der Waals surface area contributed by atoms with Gasteiger partial charge >= 0.3 is 12.1 Å². The second-order valence-electron chi connectivity index (χ2n) is 3.47. The van der Waals surface area contributed by atoms with Crippen LogP contribution in [0.1, 0.15) is 35.1 Å². The fourth-order valence-electron chi connectivity index (χ4n) is 1.19. The van der Waals surface area contributed by atoms with Crippen LogP contribution in [0, 0.1) is 0 Å². The molecule has 0 bridgehead atoms. The maximum atomic E-state index is 12.7. The number of nitrogens with one attached hydrogen (secondary N) is 1. The summed E-state index contributed by atoms with van der Waals surface area (Å²) >= 11 is 0.653. The van der Waals surface area contributed by atoms with Crippen molar-refractivity contribution in [3.8, 4) is 0 Å². The molecule has 0 aromatic carbocycles. The first kappa shape index (κ1) is 14.7. The first-order valence-electron chi connectivity index (χ1n) is 5.30. The number of carbonyl (C=O) groups excluding carboxylic acids is 1. The number of rotatable bonds is 5. The van der Waals surface area contributed by atoms with Crippen molar-refractivity contribution in [3.63, 3.8) is 0 Å². The van der Waals surface area contributed by atoms with Gasteiger partial charge < -0.3 is 10.1 Å². The minimum atomic E-state index is -4.66. The van der Waals surface area contributed by atoms with E-state index in [4.69, 9.17) is 0 Å². The van der Waals surface area contributed by atoms with E-state index in [9.17, 15) is 18.0 Å². The average Bonchev–Trinajstić information content (AvgIpc) is 2.72. The van der Waals surface area contributed by atoms with Crippen molar-refractivity contribution in [2.24, 2.45) is 0 Å². The second kappa shape index (κ2) is 6.03. The summed E-state index contributed by atoms with van der Waals surface area (Å²) in [6.07, 6.45) is -2.94. The molecule has 0 unspecified atom stereocenters. The molecular weight excluding hydrogens is 269 g/mol. The van der Waals surface area contributed by atoms with Gasteiger partial charge in [-0.2, -0.15) is 13.2 Å². The third kappa shape index (κ3) is 3.59. The molecule has 0 radical (unpaired) electrons. The Morgan fingerprint density at radius 1 is 1.50 bits per heavy atom. The molecule has 102 valence electrons. The SMILES string of the molecule is CCCCNc1nc(C(F)(F)F)c(C(=O)OC)s1. The number of aromatic nitrogens is 1. The molecule has 0 atom stereocenters. The molecule has 1 rings (SSSR count). The standard InChI is InChI=1S/C10H13F3N2O2S/c1-3-4-5-14-9-15-7(10(11,12)13)6(18-9)8(16)17-2/h3-5H2,1-2H3,(H,14,15). The predicted molar refractivity (Wildman–Crippen MR) is 61.9 cm³/mol. The van der Waals surface area contributed by atoms with Crippen molar-refractivity contribution in [1.82, 2.24) is 4.98 Å². The monoisotopic (exact) mass is 282 g/mol. The van der Waals surface area contributed by atoms with Crippen LogP contribution in [0.3, 0.4) is 0 Å². The zero-order valence-corrected chi connectivity index (χ0v) is 10.7. The van der Waals surface area contributed by atoms with Crippen LogP contribution < -0.4 is 5.32 Å². The van der Waals surface area contributed by atoms with Gasteiger partial charge in [0, 0.05) is 6.54 Å². The Balaban J connectivity index is 2.97. The number of hydrogen-bond acceptors (Lipinski definition) is 5. The van der Waals surface area contributed by atoms with Crippen LogP contribution in [0.4, 0.5) is 18.3 Å². The van der Waals surface area contributed by atoms with Crippen LogP contribution in [0.15, 0.2) is 0 Å². The maximum Gasteiger partial charge on any atom is 0.435 e. The summed E-state index contributed by atoms with van der Waals surface area (Å²) in [6.45, 7) is 2.48. The van der Waals surface area contributed by atoms with Gasteiger partial charge in [-0.25, -0.2) is 9.78 Å². The largest absolute Gasteiger partial charge is 0.465 e. The first-order chi connectivity index (χ1) is 8.40. The van der Waals surface area contributed by atoms with Crippen molar-refractivity contribution in [3.05, 3.63) is 10.6 Å². The van der Waals surface area contributed by atoms with Crippen LogP contribution in [0.25, 0.3) is 0 Å². The van der Waals surface area contributed by atoms with Crippen molar-refractivity contribution in [2.75, 3.05) is 19.0 Å². The van der Waals surface area contributed by atoms with Crippen LogP contribution in [0.2, 0.25) is 0 Å². The molecule has 1 aromatic heterocycles. The van der Waals surface area contributed by atoms with Crippen LogP contribution in [0.5, 0.6) is 0 Å². The molecular formula is C10H13F3N2O2S. The molecule has 0 saturated carbocycles. The van der Waals surface area contributed by atoms with E-state index in [-0.39, 0.29) is 5.13 Å². The van der Waals surface area contributed by atoms with E-state index in [1.54, 1.807) is 0 Å². The molecule has 8 heteroatoms. The zero-order valence-electron chi connectivity index (χ0n) is 9.93. The van der Waals surface area contributed by atoms with Gasteiger partial charge in [-0.1, -0.05) is 24.7 Å². The third-order valence-electron chi connectivity index (χ3n) is 2.07. The van der Waals surface area contributed by atoms with Crippen molar-refractivity contribution >= 4 is 22.4 Å². The highest BCUT2D eigenvalue weighted by atomic mass is 32.1. The topological polar surface area (TPSA) is 51.2 Å². The Morgan fingerprint density at radius 2 is 2.17 bits per heavy atom. The molecule has 0 saturated heterocycles. The van der Waals surface area contributed by atoms with Crippen LogP contribution in [-0.2, 0) is 10.9 Å². The Bertz CT molecular complexity index is 418. The normalized spacial score (nSPS) is 11.4. The van der Waals surface area contributed by atoms with Gasteiger partial charge in [0.25, 0.3) is 0 Å². The first-order valence-corrected chi connectivity index (χ1v) is 6.12. The molecule has 0 aliphatic carbocycles. The molecule has 0 fully saturated rings. The van der Waals surface area contributed by atoms with Gasteiger partial charge in [-0.3, -0.25) is 0 Å². The van der Waals surface area contributed by atoms with E-state index in [2.05, 4.69) is 15.0 Å². The summed E-state index contributed by atoms with van der Waals surface area (Å²) in [5, 5.41) is 2.84. The summed E-state index contributed by atoms with van der Waals surface area (Å²) in [6, 6.07) is 0. The number of hydrogen-bond donors (Lipinski definition) is 1. The van der Waals surface area contributed by atoms with Crippen molar-refractivity contribution < 1.29 is 22.7 Å². The lowest BCUT2D eigenvalue weighted by Gasteiger charge is -2.03. The van der Waals surface area contributed by atoms with Crippen LogP contribution >= 0.6 is 11.3 Å². The predicted octanol–water partition coefficient (Wildman–Crippen LogP) is 3.16. The van der Waals surface area contributed by atoms with Gasteiger partial charge in [0.15, 0.2) is 10.8 Å². The lowest BCUT2D eigenvalue weighted by atomic mass is 10.3. The molecule has 0 spiro atoms. The van der Waals surface area contributed by atoms with E-state index in [0.29, 0.717) is 17.9 Å². The number of halogens is 3. The molecule has 0 aliphatic rings. The van der Waals surface area contributed by atoms with Crippen LogP contribution in [-0.4, -0.2) is 24.6 Å². The fraction of sp³-hybridized carbons (Fsp3) is 0.600. The van der Waals surface area contributed by atoms with Gasteiger partial charge in [-0.15, -0.1) is 0 Å². The number of anilines is 1. The molecule has 0 aliphatic heterocycles. The highest BCUT2D eigenvalue weighted by Crippen LogP contribution is 2.36. The summed E-state index contributed by atoms with van der Waals surface area (Å²) in [5.41, 5.74) is -1.20. The third-order valence-corrected chi connectivity index (χ3v) is 3.07. The Labute approximate surface area is 106 Å². The lowest BCUT2D eigenvalue weighted by molar-refractivity contribution is -0.141. The lowest BCUT2D eigenvalue weighted by Crippen LogP contribution is -2.12. The smallest absolute Gasteiger partial charge is 0.435 e. The Hall–Kier alpha value is -1.31. The number of unbranched alkanes of at least 4 members (excludes halogenated alkanes) is 1. The quantitative estimate of drug-likeness (QED) is 0.665. The summed E-state index contributed by atoms with van der Waals surface area (Å²) in [7, 11) is 1.03. The van der Waals surface area contributed by atoms with E-state index < -0.39 is 22.7 Å². The van der Waals surface area contributed by atoms with Gasteiger partial charge in [0.2, 0.25) is 0 Å². The summed E-state index contributed by atoms with van der Waals surface area (Å²) in [5.74, 6) is -1.02. The minimum absolute atomic E-state index is 0.0798. The number of carbonyl (C=O) groups is 1. The number of alkyl halides is 3. The van der Waals surface area contributed by atoms with E-state index in [1.165, 1.54) is 0 Å². The molecule has 18 heavy (non-hydrogen) atoms. The molecule has 4 nitrogen and oxygen atoms in total. The minimum Gasteiger partial charge on any atom is -0.465 e. The summed E-state index contributed by atoms with van der Waals surface area (Å²) in [4.78, 5) is 14.1. The van der Waals surface area contributed by atoms with E-state index in [1.807, 2.05) is 6.92 Å². The highest BCUT2D eigenvalue weighted by molar-refractivity contribution is 7.17. The average molecular weight is 282 g/mol. The van der Waals surface area contributed by atoms with Gasteiger partial charge in [-0.05, 0) is 6.42 Å². The molecule has 1 N–H and O–H groups in total. The van der Waals surface area contributed by atoms with Crippen molar-refractivity contribution in [1.29, 1.82) is 0 Å². The number of methoxy groups -OCH3 is 1. The van der Waals surface area contributed by atoms with E-state index >= 15 is 0 Å². The fourth-order valence-corrected chi connectivity index (χ4v) is 2.12. The summed E-state index contributed by atoms with van der Waals surface area (Å²) < 4.78 is 42.3. The van der Waals surface area contributed by atoms with E-state index in [0.717, 1.165) is 20.0 Å². The molecule has 0 amide bonds. The second-order valence-corrected chi connectivity index (χ2v) is 4.47. The maximum absolute atomic E-state index is 12.7. The molecule has 1 heterocycles. The van der Waals surface area contributed by atoms with Crippen molar-refractivity contribution in [2.45, 2.75) is 25.9 Å². The number of thiazole rings is 1. The number of esters is 1. The van der Waals surface area contributed by atoms with Gasteiger partial charge in [0.1, 0.15) is 4.88 Å². The Morgan fingerprint density at radius 3 is 2.67 bits per heavy atom. The molecule has 1 aromatic rings. The number of nitrogens with zero attached hydrogens (tertiary/aromatic N) is 1. The highest BCUT2D eigenvalue weighted by Gasteiger charge is 2.40. The Kier molecular flexibility index (Phi) is 4.94.